The van der Waals surface area contributed by atoms with Crippen molar-refractivity contribution in [2.45, 2.75) is 13.3 Å². The van der Waals surface area contributed by atoms with Gasteiger partial charge in [-0.15, -0.1) is 11.3 Å². The molecule has 112 valence electrons. The van der Waals surface area contributed by atoms with E-state index < -0.39 is 0 Å². The number of rotatable bonds is 3. The number of halogens is 1. The number of aromatic nitrogens is 2. The number of fused-ring (bicyclic) bond motifs is 1. The number of benzene rings is 1. The summed E-state index contributed by atoms with van der Waals surface area (Å²) < 4.78 is 1.43. The lowest BCUT2D eigenvalue weighted by molar-refractivity contribution is -0.115. The molecule has 0 unspecified atom stereocenters. The standard InChI is InChI=1S/C15H12ClN3O2S/c1-9-13(14(21)19-6-7-22-15(19)17-9)18-12(20)8-10-2-4-11(16)5-3-10/h2-7H,8H2,1H3,(H,18,20). The molecule has 0 aliphatic heterocycles. The molecule has 1 N–H and O–H groups in total. The predicted molar refractivity (Wildman–Crippen MR) is 87.9 cm³/mol. The van der Waals surface area contributed by atoms with Gasteiger partial charge in [-0.25, -0.2) is 4.98 Å². The minimum atomic E-state index is -0.270. The Hall–Kier alpha value is -2.18. The fraction of sp³-hybridized carbons (Fsp3) is 0.133. The molecular weight excluding hydrogens is 322 g/mol. The molecule has 0 atom stereocenters. The smallest absolute Gasteiger partial charge is 0.282 e. The second kappa shape index (κ2) is 5.90. The molecule has 1 aromatic carbocycles. The van der Waals surface area contributed by atoms with E-state index in [9.17, 15) is 9.59 Å². The molecule has 5 nitrogen and oxygen atoms in total. The van der Waals surface area contributed by atoms with Crippen LogP contribution in [0.25, 0.3) is 4.96 Å². The summed E-state index contributed by atoms with van der Waals surface area (Å²) in [5, 5.41) is 5.06. The van der Waals surface area contributed by atoms with Crippen molar-refractivity contribution in [1.82, 2.24) is 9.38 Å². The average Bonchev–Trinajstić information content (AvgIpc) is 2.94. The maximum atomic E-state index is 12.3. The van der Waals surface area contributed by atoms with Gasteiger partial charge in [-0.2, -0.15) is 0 Å². The van der Waals surface area contributed by atoms with E-state index in [0.29, 0.717) is 15.7 Å². The summed E-state index contributed by atoms with van der Waals surface area (Å²) in [5.74, 6) is -0.264. The molecule has 2 heterocycles. The van der Waals surface area contributed by atoms with Crippen LogP contribution in [0.15, 0.2) is 40.6 Å². The lowest BCUT2D eigenvalue weighted by Crippen LogP contribution is -2.25. The zero-order valence-electron chi connectivity index (χ0n) is 11.7. The van der Waals surface area contributed by atoms with Crippen molar-refractivity contribution in [2.24, 2.45) is 0 Å². The van der Waals surface area contributed by atoms with Gasteiger partial charge in [0.2, 0.25) is 5.91 Å². The van der Waals surface area contributed by atoms with E-state index in [1.54, 1.807) is 42.8 Å². The van der Waals surface area contributed by atoms with Gasteiger partial charge in [0.05, 0.1) is 12.1 Å². The SMILES string of the molecule is Cc1nc2sccn2c(=O)c1NC(=O)Cc1ccc(Cl)cc1. The quantitative estimate of drug-likeness (QED) is 0.801. The first-order valence-corrected chi connectivity index (χ1v) is 7.81. The predicted octanol–water partition coefficient (Wildman–Crippen LogP) is 2.90. The molecule has 7 heteroatoms. The molecule has 0 spiro atoms. The fourth-order valence-corrected chi connectivity index (χ4v) is 2.97. The Kier molecular flexibility index (Phi) is 3.96. The van der Waals surface area contributed by atoms with Crippen molar-refractivity contribution in [1.29, 1.82) is 0 Å². The van der Waals surface area contributed by atoms with E-state index in [4.69, 9.17) is 11.6 Å². The van der Waals surface area contributed by atoms with Gasteiger partial charge in [0.1, 0.15) is 5.69 Å². The van der Waals surface area contributed by atoms with Crippen molar-refractivity contribution in [3.63, 3.8) is 0 Å². The summed E-state index contributed by atoms with van der Waals surface area (Å²) in [6, 6.07) is 7.01. The van der Waals surface area contributed by atoms with Crippen LogP contribution in [0.1, 0.15) is 11.3 Å². The summed E-state index contributed by atoms with van der Waals surface area (Å²) in [6.45, 7) is 1.71. The molecule has 3 aromatic rings. The first kappa shape index (κ1) is 14.7. The zero-order chi connectivity index (χ0) is 15.7. The summed E-state index contributed by atoms with van der Waals surface area (Å²) in [7, 11) is 0. The van der Waals surface area contributed by atoms with Crippen LogP contribution in [0, 0.1) is 6.92 Å². The first-order chi connectivity index (χ1) is 10.5. The van der Waals surface area contributed by atoms with Crippen LogP contribution in [-0.2, 0) is 11.2 Å². The molecule has 0 fully saturated rings. The molecule has 3 rings (SSSR count). The third kappa shape index (κ3) is 2.88. The van der Waals surface area contributed by atoms with Gasteiger partial charge in [-0.05, 0) is 24.6 Å². The van der Waals surface area contributed by atoms with Crippen LogP contribution in [0.4, 0.5) is 5.69 Å². The van der Waals surface area contributed by atoms with Crippen molar-refractivity contribution >= 4 is 39.5 Å². The molecule has 22 heavy (non-hydrogen) atoms. The van der Waals surface area contributed by atoms with Gasteiger partial charge in [0, 0.05) is 16.6 Å². The number of anilines is 1. The van der Waals surface area contributed by atoms with E-state index in [-0.39, 0.29) is 23.6 Å². The zero-order valence-corrected chi connectivity index (χ0v) is 13.2. The van der Waals surface area contributed by atoms with Crippen LogP contribution in [0.5, 0.6) is 0 Å². The summed E-state index contributed by atoms with van der Waals surface area (Å²) in [6.07, 6.45) is 1.81. The number of thiazole rings is 1. The number of carbonyl (C=O) groups excluding carboxylic acids is 1. The molecule has 0 saturated heterocycles. The monoisotopic (exact) mass is 333 g/mol. The Labute approximate surface area is 135 Å². The highest BCUT2D eigenvalue weighted by atomic mass is 35.5. The third-order valence-electron chi connectivity index (χ3n) is 3.19. The number of amides is 1. The van der Waals surface area contributed by atoms with E-state index in [1.165, 1.54) is 15.7 Å². The Morgan fingerprint density at radius 2 is 2.09 bits per heavy atom. The van der Waals surface area contributed by atoms with Gasteiger partial charge < -0.3 is 5.32 Å². The molecule has 0 aliphatic carbocycles. The Morgan fingerprint density at radius 1 is 1.36 bits per heavy atom. The number of hydrogen-bond donors (Lipinski definition) is 1. The van der Waals surface area contributed by atoms with Crippen LogP contribution in [0.3, 0.4) is 0 Å². The molecule has 0 aliphatic rings. The summed E-state index contributed by atoms with van der Waals surface area (Å²) in [4.78, 5) is 29.4. The van der Waals surface area contributed by atoms with Crippen LogP contribution >= 0.6 is 22.9 Å². The second-order valence-corrected chi connectivity index (χ2v) is 6.09. The largest absolute Gasteiger partial charge is 0.320 e. The van der Waals surface area contributed by atoms with E-state index in [0.717, 1.165) is 5.56 Å². The van der Waals surface area contributed by atoms with Gasteiger partial charge in [-0.1, -0.05) is 23.7 Å². The number of carbonyl (C=O) groups is 1. The molecular formula is C15H12ClN3O2S. The van der Waals surface area contributed by atoms with Crippen molar-refractivity contribution < 1.29 is 4.79 Å². The van der Waals surface area contributed by atoms with Crippen LogP contribution in [-0.4, -0.2) is 15.3 Å². The molecule has 1 amide bonds. The topological polar surface area (TPSA) is 63.5 Å². The Morgan fingerprint density at radius 3 is 2.82 bits per heavy atom. The molecule has 0 radical (unpaired) electrons. The normalized spacial score (nSPS) is 10.8. The second-order valence-electron chi connectivity index (χ2n) is 4.78. The van der Waals surface area contributed by atoms with E-state index >= 15 is 0 Å². The first-order valence-electron chi connectivity index (χ1n) is 6.55. The Bertz CT molecular complexity index is 899. The summed E-state index contributed by atoms with van der Waals surface area (Å²) in [5.41, 5.74) is 1.28. The lowest BCUT2D eigenvalue weighted by atomic mass is 10.1. The highest BCUT2D eigenvalue weighted by Gasteiger charge is 2.13. The minimum absolute atomic E-state index is 0.169. The third-order valence-corrected chi connectivity index (χ3v) is 4.20. The van der Waals surface area contributed by atoms with Crippen molar-refractivity contribution in [3.05, 3.63) is 62.5 Å². The van der Waals surface area contributed by atoms with Crippen LogP contribution in [0.2, 0.25) is 5.02 Å². The lowest BCUT2D eigenvalue weighted by Gasteiger charge is -2.07. The van der Waals surface area contributed by atoms with E-state index in [1.807, 2.05) is 0 Å². The maximum Gasteiger partial charge on any atom is 0.282 e. The van der Waals surface area contributed by atoms with Crippen molar-refractivity contribution in [3.8, 4) is 0 Å². The highest BCUT2D eigenvalue weighted by Crippen LogP contribution is 2.14. The van der Waals surface area contributed by atoms with Gasteiger partial charge in [0.15, 0.2) is 4.96 Å². The number of nitrogens with one attached hydrogen (secondary N) is 1. The number of nitrogens with zero attached hydrogens (tertiary/aromatic N) is 2. The summed E-state index contributed by atoms with van der Waals surface area (Å²) >= 11 is 7.19. The van der Waals surface area contributed by atoms with Gasteiger partial charge in [-0.3, -0.25) is 14.0 Å². The molecule has 2 aromatic heterocycles. The molecule has 0 saturated carbocycles. The number of aryl methyl sites for hydroxylation is 1. The van der Waals surface area contributed by atoms with Crippen molar-refractivity contribution in [2.75, 3.05) is 5.32 Å². The number of hydrogen-bond acceptors (Lipinski definition) is 4. The van der Waals surface area contributed by atoms with E-state index in [2.05, 4.69) is 10.3 Å². The maximum absolute atomic E-state index is 12.3. The average molecular weight is 334 g/mol. The van der Waals surface area contributed by atoms with Gasteiger partial charge in [0.25, 0.3) is 5.56 Å². The van der Waals surface area contributed by atoms with Crippen LogP contribution < -0.4 is 10.9 Å². The minimum Gasteiger partial charge on any atom is -0.320 e. The Balaban J connectivity index is 1.85. The van der Waals surface area contributed by atoms with Gasteiger partial charge >= 0.3 is 0 Å². The fourth-order valence-electron chi connectivity index (χ4n) is 2.10. The highest BCUT2D eigenvalue weighted by molar-refractivity contribution is 7.15. The molecule has 0 bridgehead atoms.